The second-order valence-corrected chi connectivity index (χ2v) is 6.57. The molecular weight excluding hydrogens is 272 g/mol. The molecule has 3 rings (SSSR count). The lowest BCUT2D eigenvalue weighted by Gasteiger charge is -2.32. The lowest BCUT2D eigenvalue weighted by molar-refractivity contribution is 0.395. The van der Waals surface area contributed by atoms with E-state index in [4.69, 9.17) is 4.74 Å². The largest absolute Gasteiger partial charge is 0.497 e. The zero-order valence-electron chi connectivity index (χ0n) is 13.6. The van der Waals surface area contributed by atoms with Crippen molar-refractivity contribution in [2.45, 2.75) is 32.5 Å². The van der Waals surface area contributed by atoms with Crippen LogP contribution in [-0.2, 0) is 13.1 Å². The highest BCUT2D eigenvalue weighted by Crippen LogP contribution is 2.31. The van der Waals surface area contributed by atoms with Crippen molar-refractivity contribution in [2.24, 2.45) is 0 Å². The average molecular weight is 296 g/mol. The van der Waals surface area contributed by atoms with Crippen molar-refractivity contribution in [3.05, 3.63) is 59.7 Å². The van der Waals surface area contributed by atoms with Gasteiger partial charge >= 0.3 is 0 Å². The molecule has 1 aliphatic rings. The molecule has 2 aromatic carbocycles. The summed E-state index contributed by atoms with van der Waals surface area (Å²) in [6, 6.07) is 17.0. The van der Waals surface area contributed by atoms with Gasteiger partial charge in [0.1, 0.15) is 5.75 Å². The number of rotatable bonds is 3. The van der Waals surface area contributed by atoms with Gasteiger partial charge in [0.2, 0.25) is 0 Å². The van der Waals surface area contributed by atoms with E-state index < -0.39 is 0 Å². The maximum absolute atomic E-state index is 5.42. The van der Waals surface area contributed by atoms with Crippen molar-refractivity contribution in [1.82, 2.24) is 5.32 Å². The highest BCUT2D eigenvalue weighted by Gasteiger charge is 2.27. The Labute approximate surface area is 132 Å². The molecule has 0 saturated heterocycles. The van der Waals surface area contributed by atoms with Crippen molar-refractivity contribution < 1.29 is 4.74 Å². The fourth-order valence-electron chi connectivity index (χ4n) is 3.01. The first-order chi connectivity index (χ1) is 10.6. The predicted octanol–water partition coefficient (Wildman–Crippen LogP) is 3.58. The number of anilines is 1. The highest BCUT2D eigenvalue weighted by atomic mass is 16.5. The van der Waals surface area contributed by atoms with Gasteiger partial charge in [0.05, 0.1) is 7.11 Å². The van der Waals surface area contributed by atoms with Crippen LogP contribution in [0.2, 0.25) is 0 Å². The smallest absolute Gasteiger partial charge is 0.120 e. The van der Waals surface area contributed by atoms with Gasteiger partial charge in [-0.25, -0.2) is 0 Å². The zero-order chi connectivity index (χ0) is 15.6. The third kappa shape index (κ3) is 3.25. The molecule has 1 heterocycles. The van der Waals surface area contributed by atoms with E-state index in [1.807, 2.05) is 6.07 Å². The van der Waals surface area contributed by atoms with Crippen LogP contribution >= 0.6 is 0 Å². The van der Waals surface area contributed by atoms with Gasteiger partial charge in [-0.3, -0.25) is 0 Å². The fraction of sp³-hybridized carbons (Fsp3) is 0.368. The number of fused-ring (bicyclic) bond motifs is 1. The molecule has 0 radical (unpaired) electrons. The highest BCUT2D eigenvalue weighted by molar-refractivity contribution is 5.58. The fourth-order valence-corrected chi connectivity index (χ4v) is 3.01. The van der Waals surface area contributed by atoms with E-state index in [-0.39, 0.29) is 5.54 Å². The lowest BCUT2D eigenvalue weighted by Crippen LogP contribution is -2.46. The van der Waals surface area contributed by atoms with Gasteiger partial charge in [0.15, 0.2) is 0 Å². The Morgan fingerprint density at radius 1 is 1.14 bits per heavy atom. The van der Waals surface area contributed by atoms with E-state index in [1.54, 1.807) is 7.11 Å². The molecule has 0 fully saturated rings. The van der Waals surface area contributed by atoms with Gasteiger partial charge in [-0.2, -0.15) is 0 Å². The molecule has 0 spiro atoms. The molecule has 1 N–H and O–H groups in total. The molecule has 0 amide bonds. The second kappa shape index (κ2) is 6.01. The van der Waals surface area contributed by atoms with E-state index in [0.717, 1.165) is 25.4 Å². The molecule has 1 aliphatic heterocycles. The maximum atomic E-state index is 5.42. The van der Waals surface area contributed by atoms with Crippen molar-refractivity contribution in [2.75, 3.05) is 18.6 Å². The lowest BCUT2D eigenvalue weighted by atomic mass is 10.0. The third-order valence-electron chi connectivity index (χ3n) is 4.19. The number of hydrogen-bond donors (Lipinski definition) is 1. The standard InChI is InChI=1S/C19H24N2O/c1-19(2)14-21(13-15-7-5-4-6-8-15)18-11-17(22-3)10-9-16(18)12-20-19/h4-11,20H,12-14H2,1-3H3. The molecule has 3 heteroatoms. The molecule has 116 valence electrons. The van der Waals surface area contributed by atoms with Crippen LogP contribution in [0, 0.1) is 0 Å². The quantitative estimate of drug-likeness (QED) is 0.937. The van der Waals surface area contributed by atoms with E-state index in [1.165, 1.54) is 16.8 Å². The van der Waals surface area contributed by atoms with Crippen molar-refractivity contribution in [3.63, 3.8) is 0 Å². The van der Waals surface area contributed by atoms with Crippen LogP contribution < -0.4 is 15.0 Å². The second-order valence-electron chi connectivity index (χ2n) is 6.57. The Morgan fingerprint density at radius 2 is 1.91 bits per heavy atom. The van der Waals surface area contributed by atoms with E-state index in [9.17, 15) is 0 Å². The van der Waals surface area contributed by atoms with Crippen molar-refractivity contribution >= 4 is 5.69 Å². The zero-order valence-corrected chi connectivity index (χ0v) is 13.6. The number of hydrogen-bond acceptors (Lipinski definition) is 3. The van der Waals surface area contributed by atoms with Crippen LogP contribution in [0.5, 0.6) is 5.75 Å². The summed E-state index contributed by atoms with van der Waals surface area (Å²) in [6.07, 6.45) is 0. The molecule has 0 atom stereocenters. The molecule has 3 nitrogen and oxygen atoms in total. The van der Waals surface area contributed by atoms with Gasteiger partial charge in [-0.1, -0.05) is 36.4 Å². The first kappa shape index (κ1) is 14.9. The molecule has 0 bridgehead atoms. The number of benzene rings is 2. The molecule has 2 aromatic rings. The van der Waals surface area contributed by atoms with E-state index >= 15 is 0 Å². The topological polar surface area (TPSA) is 24.5 Å². The van der Waals surface area contributed by atoms with Crippen LogP contribution in [0.15, 0.2) is 48.5 Å². The number of nitrogens with one attached hydrogen (secondary N) is 1. The van der Waals surface area contributed by atoms with Crippen LogP contribution in [-0.4, -0.2) is 19.2 Å². The molecule has 0 saturated carbocycles. The number of methoxy groups -OCH3 is 1. The molecule has 22 heavy (non-hydrogen) atoms. The molecular formula is C19H24N2O. The summed E-state index contributed by atoms with van der Waals surface area (Å²) in [6.45, 7) is 7.27. The minimum atomic E-state index is 0.0705. The number of ether oxygens (including phenoxy) is 1. The van der Waals surface area contributed by atoms with Crippen molar-refractivity contribution in [3.8, 4) is 5.75 Å². The monoisotopic (exact) mass is 296 g/mol. The molecule has 0 aliphatic carbocycles. The maximum Gasteiger partial charge on any atom is 0.120 e. The Kier molecular flexibility index (Phi) is 4.08. The summed E-state index contributed by atoms with van der Waals surface area (Å²) in [5, 5.41) is 3.65. The van der Waals surface area contributed by atoms with E-state index in [0.29, 0.717) is 0 Å². The summed E-state index contributed by atoms with van der Waals surface area (Å²) in [5.41, 5.74) is 3.98. The SMILES string of the molecule is COc1ccc2c(c1)N(Cc1ccccc1)CC(C)(C)NC2. The Morgan fingerprint density at radius 3 is 2.64 bits per heavy atom. The first-order valence-electron chi connectivity index (χ1n) is 7.78. The summed E-state index contributed by atoms with van der Waals surface area (Å²) >= 11 is 0. The Bertz CT molecular complexity index is 637. The number of nitrogens with zero attached hydrogens (tertiary/aromatic N) is 1. The van der Waals surface area contributed by atoms with Gasteiger partial charge in [0, 0.05) is 36.9 Å². The van der Waals surface area contributed by atoms with Gasteiger partial charge < -0.3 is 15.0 Å². The first-order valence-corrected chi connectivity index (χ1v) is 7.78. The van der Waals surface area contributed by atoms with E-state index in [2.05, 4.69) is 66.5 Å². The third-order valence-corrected chi connectivity index (χ3v) is 4.19. The normalized spacial score (nSPS) is 16.8. The summed E-state index contributed by atoms with van der Waals surface area (Å²) < 4.78 is 5.42. The minimum absolute atomic E-state index is 0.0705. The summed E-state index contributed by atoms with van der Waals surface area (Å²) in [5.74, 6) is 0.913. The molecule has 0 unspecified atom stereocenters. The van der Waals surface area contributed by atoms with Crippen LogP contribution in [0.4, 0.5) is 5.69 Å². The van der Waals surface area contributed by atoms with Gasteiger partial charge in [-0.05, 0) is 31.0 Å². The minimum Gasteiger partial charge on any atom is -0.497 e. The van der Waals surface area contributed by atoms with Crippen molar-refractivity contribution in [1.29, 1.82) is 0 Å². The van der Waals surface area contributed by atoms with Crippen LogP contribution in [0.1, 0.15) is 25.0 Å². The van der Waals surface area contributed by atoms with Gasteiger partial charge in [-0.15, -0.1) is 0 Å². The Balaban J connectivity index is 1.98. The van der Waals surface area contributed by atoms with Crippen LogP contribution in [0.3, 0.4) is 0 Å². The van der Waals surface area contributed by atoms with Gasteiger partial charge in [0.25, 0.3) is 0 Å². The molecule has 0 aromatic heterocycles. The summed E-state index contributed by atoms with van der Waals surface area (Å²) in [7, 11) is 1.72. The predicted molar refractivity (Wildman–Crippen MR) is 91.4 cm³/mol. The average Bonchev–Trinajstić information content (AvgIpc) is 2.64. The summed E-state index contributed by atoms with van der Waals surface area (Å²) in [4.78, 5) is 2.45. The Hall–Kier alpha value is -2.00. The van der Waals surface area contributed by atoms with Crippen LogP contribution in [0.25, 0.3) is 0 Å².